The second kappa shape index (κ2) is 11.5. The van der Waals surface area contributed by atoms with Gasteiger partial charge in [0.15, 0.2) is 17.6 Å². The number of ether oxygens (including phenoxy) is 3. The molecule has 0 aliphatic carbocycles. The predicted molar refractivity (Wildman–Crippen MR) is 124 cm³/mol. The number of hydrogen-bond acceptors (Lipinski definition) is 6. The number of benzene rings is 2. The third-order valence-electron chi connectivity index (χ3n) is 4.96. The fourth-order valence-electron chi connectivity index (χ4n) is 3.16. The lowest BCUT2D eigenvalue weighted by atomic mass is 10.1. The van der Waals surface area contributed by atoms with Gasteiger partial charge in [0.25, 0.3) is 5.91 Å². The number of methoxy groups -OCH3 is 1. The van der Waals surface area contributed by atoms with Crippen LogP contribution in [0, 0.1) is 17.2 Å². The van der Waals surface area contributed by atoms with Gasteiger partial charge in [-0.1, -0.05) is 32.0 Å². The molecule has 0 radical (unpaired) electrons. The summed E-state index contributed by atoms with van der Waals surface area (Å²) in [6, 6.07) is 18.3. The zero-order valence-corrected chi connectivity index (χ0v) is 18.9. The summed E-state index contributed by atoms with van der Waals surface area (Å²) < 4.78 is 17.2. The maximum Gasteiger partial charge on any atom is 0.261 e. The van der Waals surface area contributed by atoms with Crippen molar-refractivity contribution in [1.29, 1.82) is 5.26 Å². The van der Waals surface area contributed by atoms with E-state index in [-0.39, 0.29) is 11.8 Å². The number of nitrogens with zero attached hydrogens (tertiary/aromatic N) is 2. The molecule has 1 amide bonds. The first-order chi connectivity index (χ1) is 16.0. The Bertz CT molecular complexity index is 1110. The maximum atomic E-state index is 12.9. The highest BCUT2D eigenvalue weighted by atomic mass is 16.5. The average Bonchev–Trinajstić information content (AvgIpc) is 2.85. The molecular weight excluding hydrogens is 418 g/mol. The lowest BCUT2D eigenvalue weighted by Gasteiger charge is -2.22. The molecule has 0 spiro atoms. The van der Waals surface area contributed by atoms with Gasteiger partial charge in [0.2, 0.25) is 0 Å². The molecule has 1 aromatic heterocycles. The van der Waals surface area contributed by atoms with Gasteiger partial charge in [-0.05, 0) is 53.4 Å². The molecule has 1 heterocycles. The Balaban J connectivity index is 1.63. The van der Waals surface area contributed by atoms with E-state index in [1.54, 1.807) is 43.8 Å². The van der Waals surface area contributed by atoms with Gasteiger partial charge in [-0.2, -0.15) is 5.26 Å². The SMILES string of the molecule is COc1cc(CNC(=O)C(Oc2ccccc2C#N)C(C)C)ccc1OCc1ccncc1. The van der Waals surface area contributed by atoms with Crippen LogP contribution < -0.4 is 19.5 Å². The summed E-state index contributed by atoms with van der Waals surface area (Å²) in [5, 5.41) is 12.2. The molecule has 1 atom stereocenters. The summed E-state index contributed by atoms with van der Waals surface area (Å²) in [5.41, 5.74) is 2.25. The van der Waals surface area contributed by atoms with E-state index >= 15 is 0 Å². The molecule has 3 aromatic rings. The minimum Gasteiger partial charge on any atom is -0.493 e. The summed E-state index contributed by atoms with van der Waals surface area (Å²) in [6.45, 7) is 4.49. The molecule has 0 fully saturated rings. The van der Waals surface area contributed by atoms with Crippen LogP contribution in [-0.2, 0) is 17.9 Å². The van der Waals surface area contributed by atoms with Crippen LogP contribution in [0.15, 0.2) is 67.0 Å². The highest BCUT2D eigenvalue weighted by molar-refractivity contribution is 5.81. The lowest BCUT2D eigenvalue weighted by molar-refractivity contribution is -0.130. The summed E-state index contributed by atoms with van der Waals surface area (Å²) in [6.07, 6.45) is 2.70. The number of carbonyl (C=O) groups is 1. The zero-order chi connectivity index (χ0) is 23.6. The minimum absolute atomic E-state index is 0.0877. The van der Waals surface area contributed by atoms with Crippen LogP contribution >= 0.6 is 0 Å². The molecular formula is C26H27N3O4. The maximum absolute atomic E-state index is 12.9. The molecule has 170 valence electrons. The van der Waals surface area contributed by atoms with Crippen molar-refractivity contribution in [3.8, 4) is 23.3 Å². The fourth-order valence-corrected chi connectivity index (χ4v) is 3.16. The molecule has 33 heavy (non-hydrogen) atoms. The van der Waals surface area contributed by atoms with Crippen LogP contribution in [0.5, 0.6) is 17.2 Å². The van der Waals surface area contributed by atoms with Crippen LogP contribution in [0.1, 0.15) is 30.5 Å². The van der Waals surface area contributed by atoms with Crippen molar-refractivity contribution in [2.45, 2.75) is 33.1 Å². The van der Waals surface area contributed by atoms with Gasteiger partial charge in [0, 0.05) is 18.9 Å². The van der Waals surface area contributed by atoms with Crippen molar-refractivity contribution in [2.75, 3.05) is 7.11 Å². The number of aromatic nitrogens is 1. The second-order valence-electron chi connectivity index (χ2n) is 7.74. The van der Waals surface area contributed by atoms with Crippen molar-refractivity contribution >= 4 is 5.91 Å². The van der Waals surface area contributed by atoms with Gasteiger partial charge < -0.3 is 19.5 Å². The fraction of sp³-hybridized carbons (Fsp3) is 0.269. The van der Waals surface area contributed by atoms with E-state index in [4.69, 9.17) is 14.2 Å². The van der Waals surface area contributed by atoms with Gasteiger partial charge in [0.05, 0.1) is 12.7 Å². The minimum atomic E-state index is -0.732. The Morgan fingerprint density at radius 1 is 1.03 bits per heavy atom. The monoisotopic (exact) mass is 445 g/mol. The number of rotatable bonds is 10. The lowest BCUT2D eigenvalue weighted by Crippen LogP contribution is -2.41. The number of carbonyl (C=O) groups excluding carboxylic acids is 1. The largest absolute Gasteiger partial charge is 0.493 e. The second-order valence-corrected chi connectivity index (χ2v) is 7.74. The van der Waals surface area contributed by atoms with Crippen LogP contribution in [0.2, 0.25) is 0 Å². The molecule has 7 heteroatoms. The van der Waals surface area contributed by atoms with Crippen LogP contribution in [0.4, 0.5) is 0 Å². The Kier molecular flexibility index (Phi) is 8.25. The Morgan fingerprint density at radius 2 is 1.79 bits per heavy atom. The third kappa shape index (κ3) is 6.47. The molecule has 3 rings (SSSR count). The predicted octanol–water partition coefficient (Wildman–Crippen LogP) is 4.26. The molecule has 0 saturated heterocycles. The number of para-hydroxylation sites is 1. The molecule has 7 nitrogen and oxygen atoms in total. The molecule has 2 aromatic carbocycles. The number of amides is 1. The van der Waals surface area contributed by atoms with E-state index in [9.17, 15) is 10.1 Å². The first kappa shape index (κ1) is 23.6. The van der Waals surface area contributed by atoms with Crippen LogP contribution in [0.3, 0.4) is 0 Å². The number of nitriles is 1. The summed E-state index contributed by atoms with van der Waals surface area (Å²) in [5.74, 6) is 1.24. The van der Waals surface area contributed by atoms with E-state index in [2.05, 4.69) is 16.4 Å². The molecule has 1 N–H and O–H groups in total. The van der Waals surface area contributed by atoms with Gasteiger partial charge >= 0.3 is 0 Å². The first-order valence-corrected chi connectivity index (χ1v) is 10.6. The molecule has 0 aliphatic rings. The van der Waals surface area contributed by atoms with E-state index in [1.807, 2.05) is 44.2 Å². The topological polar surface area (TPSA) is 93.5 Å². The Morgan fingerprint density at radius 3 is 2.48 bits per heavy atom. The van der Waals surface area contributed by atoms with Crippen molar-refractivity contribution in [3.63, 3.8) is 0 Å². The Labute approximate surface area is 193 Å². The van der Waals surface area contributed by atoms with E-state index in [0.29, 0.717) is 36.0 Å². The molecule has 0 saturated carbocycles. The normalized spacial score (nSPS) is 11.4. The standard InChI is InChI=1S/C26H27N3O4/c1-18(2)25(33-22-7-5-4-6-21(22)15-27)26(30)29-16-20-8-9-23(24(14-20)31-3)32-17-19-10-12-28-13-11-19/h4-14,18,25H,16-17H2,1-3H3,(H,29,30). The third-order valence-corrected chi connectivity index (χ3v) is 4.96. The van der Waals surface area contributed by atoms with E-state index in [0.717, 1.165) is 11.1 Å². The molecule has 1 unspecified atom stereocenters. The summed E-state index contributed by atoms with van der Waals surface area (Å²) >= 11 is 0. The molecule has 0 aliphatic heterocycles. The van der Waals surface area contributed by atoms with Gasteiger partial charge in [-0.25, -0.2) is 0 Å². The van der Waals surface area contributed by atoms with Crippen molar-refractivity contribution in [2.24, 2.45) is 5.92 Å². The van der Waals surface area contributed by atoms with Gasteiger partial charge in [-0.3, -0.25) is 9.78 Å². The Hall–Kier alpha value is -4.05. The average molecular weight is 446 g/mol. The number of nitrogens with one attached hydrogen (secondary N) is 1. The summed E-state index contributed by atoms with van der Waals surface area (Å²) in [7, 11) is 1.58. The van der Waals surface area contributed by atoms with Crippen molar-refractivity contribution < 1.29 is 19.0 Å². The summed E-state index contributed by atoms with van der Waals surface area (Å²) in [4.78, 5) is 16.9. The highest BCUT2D eigenvalue weighted by Gasteiger charge is 2.25. The van der Waals surface area contributed by atoms with Gasteiger partial charge in [-0.15, -0.1) is 0 Å². The quantitative estimate of drug-likeness (QED) is 0.501. The molecule has 0 bridgehead atoms. The number of hydrogen-bond donors (Lipinski definition) is 1. The van der Waals surface area contributed by atoms with Crippen LogP contribution in [-0.4, -0.2) is 24.1 Å². The van der Waals surface area contributed by atoms with Gasteiger partial charge in [0.1, 0.15) is 18.4 Å². The zero-order valence-electron chi connectivity index (χ0n) is 18.9. The van der Waals surface area contributed by atoms with E-state index < -0.39 is 6.10 Å². The highest BCUT2D eigenvalue weighted by Crippen LogP contribution is 2.29. The number of pyridine rings is 1. The van der Waals surface area contributed by atoms with Crippen molar-refractivity contribution in [3.05, 3.63) is 83.7 Å². The smallest absolute Gasteiger partial charge is 0.261 e. The first-order valence-electron chi connectivity index (χ1n) is 10.6. The van der Waals surface area contributed by atoms with Crippen LogP contribution in [0.25, 0.3) is 0 Å². The van der Waals surface area contributed by atoms with Crippen molar-refractivity contribution in [1.82, 2.24) is 10.3 Å². The van der Waals surface area contributed by atoms with E-state index in [1.165, 1.54) is 0 Å².